The number of aromatic nitrogens is 4. The van der Waals surface area contributed by atoms with Crippen molar-refractivity contribution in [3.63, 3.8) is 0 Å². The first kappa shape index (κ1) is 17.5. The van der Waals surface area contributed by atoms with E-state index in [4.69, 9.17) is 9.26 Å². The molecule has 0 saturated carbocycles. The SMILES string of the molecule is Cc1nc(COC2CCCN(S(=O)(=O)c3cccc4nsnc34)C2)no1. The lowest BCUT2D eigenvalue weighted by Gasteiger charge is -2.31. The second-order valence-corrected chi connectivity index (χ2v) is 8.49. The monoisotopic (exact) mass is 395 g/mol. The van der Waals surface area contributed by atoms with Gasteiger partial charge in [-0.15, -0.1) is 0 Å². The fourth-order valence-electron chi connectivity index (χ4n) is 2.98. The van der Waals surface area contributed by atoms with Crippen LogP contribution in [-0.4, -0.2) is 50.8 Å². The number of fused-ring (bicyclic) bond motifs is 1. The zero-order valence-corrected chi connectivity index (χ0v) is 15.7. The molecule has 0 amide bonds. The molecule has 138 valence electrons. The molecule has 3 aromatic rings. The van der Waals surface area contributed by atoms with Crippen LogP contribution in [0.1, 0.15) is 24.6 Å². The minimum atomic E-state index is -3.66. The Balaban J connectivity index is 1.50. The summed E-state index contributed by atoms with van der Waals surface area (Å²) in [6.07, 6.45) is 1.29. The largest absolute Gasteiger partial charge is 0.369 e. The van der Waals surface area contributed by atoms with E-state index in [1.54, 1.807) is 25.1 Å². The highest BCUT2D eigenvalue weighted by Crippen LogP contribution is 2.27. The van der Waals surface area contributed by atoms with E-state index < -0.39 is 10.0 Å². The molecule has 0 aliphatic carbocycles. The van der Waals surface area contributed by atoms with Crippen molar-refractivity contribution in [1.82, 2.24) is 23.2 Å². The van der Waals surface area contributed by atoms with E-state index in [2.05, 4.69) is 18.9 Å². The average Bonchev–Trinajstić information content (AvgIpc) is 3.28. The van der Waals surface area contributed by atoms with E-state index in [-0.39, 0.29) is 24.2 Å². The van der Waals surface area contributed by atoms with E-state index in [0.29, 0.717) is 29.3 Å². The molecule has 1 aromatic carbocycles. The van der Waals surface area contributed by atoms with Crippen LogP contribution >= 0.6 is 11.7 Å². The molecule has 4 rings (SSSR count). The fraction of sp³-hybridized carbons (Fsp3) is 0.467. The number of benzene rings is 1. The van der Waals surface area contributed by atoms with Gasteiger partial charge in [0.05, 0.1) is 17.8 Å². The summed E-state index contributed by atoms with van der Waals surface area (Å²) < 4.78 is 46.6. The lowest BCUT2D eigenvalue weighted by molar-refractivity contribution is 0.00439. The van der Waals surface area contributed by atoms with Crippen LogP contribution in [0.2, 0.25) is 0 Å². The number of aryl methyl sites for hydroxylation is 1. The molecule has 26 heavy (non-hydrogen) atoms. The first-order chi connectivity index (χ1) is 12.5. The summed E-state index contributed by atoms with van der Waals surface area (Å²) in [5, 5.41) is 3.79. The van der Waals surface area contributed by atoms with Crippen LogP contribution in [0.15, 0.2) is 27.6 Å². The molecule has 1 aliphatic rings. The minimum absolute atomic E-state index is 0.193. The number of piperidine rings is 1. The van der Waals surface area contributed by atoms with E-state index >= 15 is 0 Å². The Labute approximate surface area is 154 Å². The lowest BCUT2D eigenvalue weighted by atomic mass is 10.1. The highest BCUT2D eigenvalue weighted by Gasteiger charge is 2.32. The van der Waals surface area contributed by atoms with Crippen molar-refractivity contribution in [1.29, 1.82) is 0 Å². The summed E-state index contributed by atoms with van der Waals surface area (Å²) in [4.78, 5) is 4.28. The van der Waals surface area contributed by atoms with Crippen molar-refractivity contribution in [3.8, 4) is 0 Å². The van der Waals surface area contributed by atoms with Gasteiger partial charge in [-0.3, -0.25) is 0 Å². The van der Waals surface area contributed by atoms with Crippen molar-refractivity contribution in [3.05, 3.63) is 29.9 Å². The predicted octanol–water partition coefficient (Wildman–Crippen LogP) is 1.75. The molecule has 0 radical (unpaired) electrons. The standard InChI is InChI=1S/C15H17N5O4S2/c1-10-16-14(17-24-10)9-23-11-4-3-7-20(8-11)26(21,22)13-6-2-5-12-15(13)19-25-18-12/h2,5-6,11H,3-4,7-9H2,1H3. The fourth-order valence-corrected chi connectivity index (χ4v) is 5.24. The molecule has 0 bridgehead atoms. The zero-order chi connectivity index (χ0) is 18.1. The first-order valence-electron chi connectivity index (χ1n) is 8.16. The van der Waals surface area contributed by atoms with Crippen LogP contribution in [0.5, 0.6) is 0 Å². The summed E-state index contributed by atoms with van der Waals surface area (Å²) in [6.45, 7) is 2.64. The molecule has 9 nitrogen and oxygen atoms in total. The predicted molar refractivity (Wildman–Crippen MR) is 93.0 cm³/mol. The van der Waals surface area contributed by atoms with Gasteiger partial charge in [0.25, 0.3) is 0 Å². The molecule has 2 aromatic heterocycles. The smallest absolute Gasteiger partial charge is 0.245 e. The molecular formula is C15H17N5O4S2. The Morgan fingerprint density at radius 1 is 1.38 bits per heavy atom. The van der Waals surface area contributed by atoms with Crippen LogP contribution in [-0.2, 0) is 21.4 Å². The van der Waals surface area contributed by atoms with E-state index in [0.717, 1.165) is 24.6 Å². The number of ether oxygens (including phenoxy) is 1. The number of nitrogens with zero attached hydrogens (tertiary/aromatic N) is 5. The topological polar surface area (TPSA) is 111 Å². The third kappa shape index (κ3) is 3.34. The van der Waals surface area contributed by atoms with Gasteiger partial charge in [0.2, 0.25) is 15.9 Å². The van der Waals surface area contributed by atoms with E-state index in [9.17, 15) is 8.42 Å². The van der Waals surface area contributed by atoms with Gasteiger partial charge in [0.1, 0.15) is 22.5 Å². The quantitative estimate of drug-likeness (QED) is 0.642. The summed E-state index contributed by atoms with van der Waals surface area (Å²) >= 11 is 1.01. The van der Waals surface area contributed by atoms with Crippen molar-refractivity contribution in [2.24, 2.45) is 0 Å². The van der Waals surface area contributed by atoms with Crippen molar-refractivity contribution >= 4 is 32.8 Å². The van der Waals surface area contributed by atoms with Gasteiger partial charge >= 0.3 is 0 Å². The summed E-state index contributed by atoms with van der Waals surface area (Å²) in [7, 11) is -3.66. The van der Waals surface area contributed by atoms with Crippen LogP contribution < -0.4 is 0 Å². The maximum atomic E-state index is 13.1. The normalized spacial score (nSPS) is 19.2. The number of sulfonamides is 1. The van der Waals surface area contributed by atoms with Gasteiger partial charge in [-0.05, 0) is 25.0 Å². The second kappa shape index (κ2) is 6.99. The summed E-state index contributed by atoms with van der Waals surface area (Å²) in [5.74, 6) is 0.933. The molecule has 0 N–H and O–H groups in total. The molecular weight excluding hydrogens is 378 g/mol. The van der Waals surface area contributed by atoms with Gasteiger partial charge < -0.3 is 9.26 Å². The Bertz CT molecular complexity index is 1020. The Hall–Kier alpha value is -1.95. The first-order valence-corrected chi connectivity index (χ1v) is 10.3. The molecule has 1 unspecified atom stereocenters. The van der Waals surface area contributed by atoms with Crippen LogP contribution in [0.3, 0.4) is 0 Å². The molecule has 3 heterocycles. The summed E-state index contributed by atoms with van der Waals surface area (Å²) in [5.41, 5.74) is 1.01. The van der Waals surface area contributed by atoms with Gasteiger partial charge in [-0.2, -0.15) is 18.0 Å². The van der Waals surface area contributed by atoms with Gasteiger partial charge in [-0.1, -0.05) is 11.2 Å². The molecule has 1 atom stereocenters. The van der Waals surface area contributed by atoms with Gasteiger partial charge in [0, 0.05) is 20.0 Å². The maximum absolute atomic E-state index is 13.1. The number of hydrogen-bond donors (Lipinski definition) is 0. The van der Waals surface area contributed by atoms with Crippen LogP contribution in [0, 0.1) is 6.92 Å². The third-order valence-corrected chi connectivity index (χ3v) is 6.66. The molecule has 1 saturated heterocycles. The van der Waals surface area contributed by atoms with E-state index in [1.807, 2.05) is 0 Å². The maximum Gasteiger partial charge on any atom is 0.245 e. The Morgan fingerprint density at radius 2 is 2.27 bits per heavy atom. The van der Waals surface area contributed by atoms with Crippen molar-refractivity contribution in [2.45, 2.75) is 37.4 Å². The van der Waals surface area contributed by atoms with Gasteiger partial charge in [-0.25, -0.2) is 8.42 Å². The highest BCUT2D eigenvalue weighted by molar-refractivity contribution is 7.89. The van der Waals surface area contributed by atoms with Crippen molar-refractivity contribution in [2.75, 3.05) is 13.1 Å². The van der Waals surface area contributed by atoms with Gasteiger partial charge in [0.15, 0.2) is 5.82 Å². The molecule has 0 spiro atoms. The van der Waals surface area contributed by atoms with Crippen LogP contribution in [0.25, 0.3) is 11.0 Å². The third-order valence-electron chi connectivity index (χ3n) is 4.23. The highest BCUT2D eigenvalue weighted by atomic mass is 32.2. The average molecular weight is 395 g/mol. The van der Waals surface area contributed by atoms with Crippen LogP contribution in [0.4, 0.5) is 0 Å². The number of rotatable bonds is 5. The summed E-state index contributed by atoms with van der Waals surface area (Å²) in [6, 6.07) is 5.02. The molecule has 1 aliphatic heterocycles. The zero-order valence-electron chi connectivity index (χ0n) is 14.0. The minimum Gasteiger partial charge on any atom is -0.369 e. The molecule has 11 heteroatoms. The lowest BCUT2D eigenvalue weighted by Crippen LogP contribution is -2.43. The van der Waals surface area contributed by atoms with Crippen molar-refractivity contribution < 1.29 is 17.7 Å². The second-order valence-electron chi connectivity index (χ2n) is 6.06. The van der Waals surface area contributed by atoms with E-state index in [1.165, 1.54) is 4.31 Å². The Morgan fingerprint density at radius 3 is 3.08 bits per heavy atom. The number of hydrogen-bond acceptors (Lipinski definition) is 9. The Kier molecular flexibility index (Phi) is 4.69. The molecule has 1 fully saturated rings.